The fraction of sp³-hybridized carbons (Fsp3) is 0.156. The Morgan fingerprint density at radius 1 is 1.00 bits per heavy atom. The van der Waals surface area contributed by atoms with E-state index >= 15 is 0 Å². The van der Waals surface area contributed by atoms with Gasteiger partial charge in [0.05, 0.1) is 41.2 Å². The maximum Gasteiger partial charge on any atom is 0.418 e. The first-order valence-electron chi connectivity index (χ1n) is 14.2. The molecule has 240 valence electrons. The van der Waals surface area contributed by atoms with Gasteiger partial charge in [0.15, 0.2) is 11.0 Å². The van der Waals surface area contributed by atoms with Crippen LogP contribution in [0.3, 0.4) is 0 Å². The summed E-state index contributed by atoms with van der Waals surface area (Å²) < 4.78 is 52.1. The quantitative estimate of drug-likeness (QED) is 0.186. The van der Waals surface area contributed by atoms with Crippen molar-refractivity contribution in [3.05, 3.63) is 107 Å². The largest absolute Gasteiger partial charge is 0.497 e. The van der Waals surface area contributed by atoms with Crippen LogP contribution in [0.25, 0.3) is 34.2 Å². The van der Waals surface area contributed by atoms with Crippen molar-refractivity contribution < 1.29 is 22.7 Å². The number of hydrogen-bond donors (Lipinski definition) is 2. The van der Waals surface area contributed by atoms with Crippen molar-refractivity contribution in [2.24, 2.45) is 7.05 Å². The number of anilines is 1. The summed E-state index contributed by atoms with van der Waals surface area (Å²) in [6.45, 7) is 1.70. The van der Waals surface area contributed by atoms with Gasteiger partial charge in [0.2, 0.25) is 5.91 Å². The molecule has 1 amide bonds. The van der Waals surface area contributed by atoms with Crippen molar-refractivity contribution in [3.8, 4) is 39.9 Å². The number of aromatic nitrogens is 7. The lowest BCUT2D eigenvalue weighted by molar-refractivity contribution is -0.137. The van der Waals surface area contributed by atoms with Crippen LogP contribution >= 0.6 is 11.8 Å². The number of halogens is 3. The molecule has 0 aliphatic rings. The van der Waals surface area contributed by atoms with E-state index in [0.29, 0.717) is 28.5 Å². The second-order valence-electron chi connectivity index (χ2n) is 10.3. The molecule has 11 nitrogen and oxygen atoms in total. The molecule has 0 spiro atoms. The average Bonchev–Trinajstić information content (AvgIpc) is 3.78. The van der Waals surface area contributed by atoms with Crippen LogP contribution in [0.15, 0.2) is 94.9 Å². The minimum absolute atomic E-state index is 0.0268. The number of rotatable bonds is 9. The zero-order chi connectivity index (χ0) is 33.3. The van der Waals surface area contributed by atoms with E-state index in [9.17, 15) is 22.8 Å². The maximum atomic E-state index is 14.2. The highest BCUT2D eigenvalue weighted by molar-refractivity contribution is 7.99. The number of ether oxygens (including phenoxy) is 1. The summed E-state index contributed by atoms with van der Waals surface area (Å²) in [6, 6.07) is 22.8. The number of methoxy groups -OCH3 is 1. The lowest BCUT2D eigenvalue weighted by atomic mass is 10.1. The molecule has 15 heteroatoms. The highest BCUT2D eigenvalue weighted by Crippen LogP contribution is 2.37. The minimum atomic E-state index is -4.69. The average molecular weight is 661 g/mol. The van der Waals surface area contributed by atoms with Gasteiger partial charge in [-0.05, 0) is 61.5 Å². The van der Waals surface area contributed by atoms with Crippen LogP contribution in [0.4, 0.5) is 18.9 Å². The number of nitrogens with one attached hydrogen (secondary N) is 2. The molecule has 0 bridgehead atoms. The van der Waals surface area contributed by atoms with Gasteiger partial charge in [-0.1, -0.05) is 42.1 Å². The van der Waals surface area contributed by atoms with Gasteiger partial charge in [0.1, 0.15) is 17.1 Å². The third-order valence-electron chi connectivity index (χ3n) is 7.44. The number of carbonyl (C=O) groups is 1. The van der Waals surface area contributed by atoms with Crippen molar-refractivity contribution in [2.75, 3.05) is 18.2 Å². The standard InChI is InChI=1S/C32H27F3N8O3S/c1-19-28(30(45)43(41(19)2)21-9-5-4-6-10-21)36-27(44)18-47-31-40-39-29(42(31)26-12-8-7-11-23(26)32(33,34)35)25-17-24(37-38-25)20-13-15-22(46-3)16-14-20/h4-17H,18H2,1-3H3,(H,36,44)(H,37,38). The molecular weight excluding hydrogens is 633 g/mol. The Labute approximate surface area is 270 Å². The molecule has 0 unspecified atom stereocenters. The fourth-order valence-electron chi connectivity index (χ4n) is 5.03. The van der Waals surface area contributed by atoms with E-state index in [1.807, 2.05) is 6.07 Å². The van der Waals surface area contributed by atoms with Crippen LogP contribution in [0.1, 0.15) is 11.3 Å². The van der Waals surface area contributed by atoms with E-state index in [1.165, 1.54) is 27.4 Å². The zero-order valence-corrected chi connectivity index (χ0v) is 26.1. The van der Waals surface area contributed by atoms with Crippen LogP contribution in [-0.4, -0.2) is 53.1 Å². The van der Waals surface area contributed by atoms with Crippen molar-refractivity contribution in [2.45, 2.75) is 18.3 Å². The van der Waals surface area contributed by atoms with Crippen LogP contribution in [0, 0.1) is 6.92 Å². The molecule has 0 saturated carbocycles. The SMILES string of the molecule is COc1ccc(-c2cc(-c3nnc(SCC(=O)Nc4c(C)n(C)n(-c5ccccc5)c4=O)n3-c3ccccc3C(F)(F)F)[nH]n2)cc1. The summed E-state index contributed by atoms with van der Waals surface area (Å²) in [4.78, 5) is 26.4. The molecule has 6 aromatic rings. The molecule has 6 rings (SSSR count). The number of aromatic amines is 1. The number of hydrogen-bond acceptors (Lipinski definition) is 7. The van der Waals surface area contributed by atoms with E-state index in [4.69, 9.17) is 4.74 Å². The third kappa shape index (κ3) is 6.16. The van der Waals surface area contributed by atoms with Gasteiger partial charge in [0, 0.05) is 12.6 Å². The lowest BCUT2D eigenvalue weighted by Crippen LogP contribution is -2.23. The number of H-pyrrole nitrogens is 1. The summed E-state index contributed by atoms with van der Waals surface area (Å²) in [5, 5.41) is 18.2. The molecule has 3 heterocycles. The number of amides is 1. The van der Waals surface area contributed by atoms with Gasteiger partial charge in [-0.3, -0.25) is 23.9 Å². The molecule has 0 aliphatic carbocycles. The second-order valence-corrected chi connectivity index (χ2v) is 11.3. The van der Waals surface area contributed by atoms with E-state index in [0.717, 1.165) is 23.4 Å². The topological polar surface area (TPSA) is 125 Å². The van der Waals surface area contributed by atoms with Gasteiger partial charge >= 0.3 is 6.18 Å². The molecule has 3 aromatic heterocycles. The molecule has 0 aliphatic heterocycles. The molecule has 47 heavy (non-hydrogen) atoms. The Balaban J connectivity index is 1.32. The van der Waals surface area contributed by atoms with Crippen molar-refractivity contribution in [3.63, 3.8) is 0 Å². The number of nitrogens with zero attached hydrogens (tertiary/aromatic N) is 6. The fourth-order valence-corrected chi connectivity index (χ4v) is 5.77. The lowest BCUT2D eigenvalue weighted by Gasteiger charge is -2.16. The second kappa shape index (κ2) is 12.7. The van der Waals surface area contributed by atoms with E-state index in [-0.39, 0.29) is 28.1 Å². The third-order valence-corrected chi connectivity index (χ3v) is 8.37. The van der Waals surface area contributed by atoms with Crippen LogP contribution in [-0.2, 0) is 18.0 Å². The summed E-state index contributed by atoms with van der Waals surface area (Å²) in [6.07, 6.45) is -4.69. The van der Waals surface area contributed by atoms with Crippen molar-refractivity contribution in [1.82, 2.24) is 34.3 Å². The highest BCUT2D eigenvalue weighted by Gasteiger charge is 2.35. The Morgan fingerprint density at radius 3 is 2.40 bits per heavy atom. The van der Waals surface area contributed by atoms with Crippen LogP contribution < -0.4 is 15.6 Å². The van der Waals surface area contributed by atoms with Gasteiger partial charge in [-0.2, -0.15) is 18.3 Å². The van der Waals surface area contributed by atoms with Crippen LogP contribution in [0.5, 0.6) is 5.75 Å². The molecule has 0 radical (unpaired) electrons. The number of benzene rings is 3. The van der Waals surface area contributed by atoms with E-state index < -0.39 is 23.2 Å². The summed E-state index contributed by atoms with van der Waals surface area (Å²) in [5.74, 6) is -0.111. The van der Waals surface area contributed by atoms with Crippen LogP contribution in [0.2, 0.25) is 0 Å². The van der Waals surface area contributed by atoms with Gasteiger partial charge in [-0.15, -0.1) is 10.2 Å². The molecule has 3 aromatic carbocycles. The number of alkyl halides is 3. The number of thioether (sulfide) groups is 1. The molecule has 2 N–H and O–H groups in total. The zero-order valence-electron chi connectivity index (χ0n) is 25.2. The predicted molar refractivity (Wildman–Crippen MR) is 171 cm³/mol. The summed E-state index contributed by atoms with van der Waals surface area (Å²) in [5.41, 5.74) is 1.23. The summed E-state index contributed by atoms with van der Waals surface area (Å²) in [7, 11) is 3.25. The number of carbonyl (C=O) groups excluding carboxylic acids is 1. The monoisotopic (exact) mass is 660 g/mol. The Morgan fingerprint density at radius 2 is 1.70 bits per heavy atom. The smallest absolute Gasteiger partial charge is 0.418 e. The first-order chi connectivity index (χ1) is 22.6. The number of para-hydroxylation sites is 2. The van der Waals surface area contributed by atoms with Gasteiger partial charge in [-0.25, -0.2) is 4.68 Å². The molecular formula is C32H27F3N8O3S. The first kappa shape index (κ1) is 31.4. The minimum Gasteiger partial charge on any atom is -0.497 e. The predicted octanol–water partition coefficient (Wildman–Crippen LogP) is 5.88. The van der Waals surface area contributed by atoms with Crippen molar-refractivity contribution in [1.29, 1.82) is 0 Å². The maximum absolute atomic E-state index is 14.2. The Hall–Kier alpha value is -5.57. The van der Waals surface area contributed by atoms with E-state index in [2.05, 4.69) is 25.7 Å². The van der Waals surface area contributed by atoms with Gasteiger partial charge in [0.25, 0.3) is 5.56 Å². The Bertz CT molecular complexity index is 2120. The van der Waals surface area contributed by atoms with Gasteiger partial charge < -0.3 is 10.1 Å². The molecule has 0 atom stereocenters. The van der Waals surface area contributed by atoms with Crippen molar-refractivity contribution >= 4 is 23.4 Å². The molecule has 0 fully saturated rings. The molecule has 0 saturated heterocycles. The van der Waals surface area contributed by atoms with E-state index in [1.54, 1.807) is 80.4 Å². The highest BCUT2D eigenvalue weighted by atomic mass is 32.2. The summed E-state index contributed by atoms with van der Waals surface area (Å²) >= 11 is 0.877. The normalized spacial score (nSPS) is 11.5. The first-order valence-corrected chi connectivity index (χ1v) is 15.1. The Kier molecular flexibility index (Phi) is 8.47.